The monoisotopic (exact) mass is 397 g/mol. The van der Waals surface area contributed by atoms with Gasteiger partial charge in [-0.15, -0.1) is 34.9 Å². The molecule has 26 heavy (non-hydrogen) atoms. The fourth-order valence-electron chi connectivity index (χ4n) is 2.98. The lowest BCUT2D eigenvalue weighted by Gasteiger charge is -2.18. The molecule has 0 spiro atoms. The highest BCUT2D eigenvalue weighted by atomic mass is 32.2. The smallest absolute Gasteiger partial charge is 0.252 e. The lowest BCUT2D eigenvalue weighted by Crippen LogP contribution is -2.28. The third kappa shape index (κ3) is 4.00. The molecule has 1 saturated heterocycles. The molecule has 5 heteroatoms. The van der Waals surface area contributed by atoms with E-state index in [1.165, 1.54) is 17.1 Å². The molecule has 1 aromatic heterocycles. The van der Waals surface area contributed by atoms with E-state index in [2.05, 4.69) is 35.6 Å². The Morgan fingerprint density at radius 2 is 1.65 bits per heavy atom. The van der Waals surface area contributed by atoms with Gasteiger partial charge in [-0.25, -0.2) is 0 Å². The summed E-state index contributed by atoms with van der Waals surface area (Å²) >= 11 is 5.62. The van der Waals surface area contributed by atoms with Gasteiger partial charge in [-0.2, -0.15) is 0 Å². The van der Waals surface area contributed by atoms with Crippen LogP contribution in [-0.2, 0) is 0 Å². The molecule has 1 N–H and O–H groups in total. The van der Waals surface area contributed by atoms with Crippen LogP contribution in [0.1, 0.15) is 37.0 Å². The Morgan fingerprint density at radius 1 is 0.923 bits per heavy atom. The summed E-state index contributed by atoms with van der Waals surface area (Å²) in [6.07, 6.45) is 0. The number of benzene rings is 2. The molecule has 0 bridgehead atoms. The standard InChI is InChI=1S/C21H19NOS3/c23-20(16-8-10-17(11-9-16)21-25-13-14-26-21)22-19(18-7-4-12-24-18)15-5-2-1-3-6-15/h1-12,19,21H,13-14H2,(H,22,23). The molecule has 4 rings (SSSR count). The molecule has 132 valence electrons. The number of thiophene rings is 1. The second kappa shape index (κ2) is 8.33. The SMILES string of the molecule is O=C(NC(c1ccccc1)c1cccs1)c1ccc(C2SCCS2)cc1. The van der Waals surface area contributed by atoms with Crippen LogP contribution in [0, 0.1) is 0 Å². The van der Waals surface area contributed by atoms with Gasteiger partial charge in [0, 0.05) is 21.9 Å². The summed E-state index contributed by atoms with van der Waals surface area (Å²) in [5, 5.41) is 5.25. The van der Waals surface area contributed by atoms with Gasteiger partial charge in [0.2, 0.25) is 0 Å². The van der Waals surface area contributed by atoms with Crippen LogP contribution >= 0.6 is 34.9 Å². The van der Waals surface area contributed by atoms with Crippen molar-refractivity contribution in [2.45, 2.75) is 10.6 Å². The molecule has 1 aliphatic rings. The summed E-state index contributed by atoms with van der Waals surface area (Å²) in [5.41, 5.74) is 3.10. The maximum Gasteiger partial charge on any atom is 0.252 e. The molecule has 0 radical (unpaired) electrons. The van der Waals surface area contributed by atoms with Crippen molar-refractivity contribution in [1.29, 1.82) is 0 Å². The van der Waals surface area contributed by atoms with E-state index in [0.29, 0.717) is 10.1 Å². The second-order valence-corrected chi connectivity index (χ2v) is 9.73. The Kier molecular flexibility index (Phi) is 5.68. The van der Waals surface area contributed by atoms with Crippen LogP contribution in [0.15, 0.2) is 72.1 Å². The number of thioether (sulfide) groups is 2. The molecule has 2 nitrogen and oxygen atoms in total. The van der Waals surface area contributed by atoms with E-state index in [1.807, 2.05) is 65.3 Å². The predicted molar refractivity (Wildman–Crippen MR) is 114 cm³/mol. The van der Waals surface area contributed by atoms with Crippen LogP contribution in [0.25, 0.3) is 0 Å². The molecular weight excluding hydrogens is 378 g/mol. The molecule has 0 saturated carbocycles. The minimum atomic E-state index is -0.121. The normalized spacial score (nSPS) is 15.7. The first-order valence-electron chi connectivity index (χ1n) is 8.53. The zero-order valence-corrected chi connectivity index (χ0v) is 16.6. The van der Waals surface area contributed by atoms with Crippen molar-refractivity contribution in [3.8, 4) is 0 Å². The Morgan fingerprint density at radius 3 is 2.31 bits per heavy atom. The number of carbonyl (C=O) groups is 1. The quantitative estimate of drug-likeness (QED) is 0.595. The molecule has 1 atom stereocenters. The highest BCUT2D eigenvalue weighted by Gasteiger charge is 2.20. The maximum atomic E-state index is 12.8. The topological polar surface area (TPSA) is 29.1 Å². The Balaban J connectivity index is 1.53. The summed E-state index contributed by atoms with van der Waals surface area (Å²) < 4.78 is 0.510. The van der Waals surface area contributed by atoms with Gasteiger partial charge in [-0.05, 0) is 34.7 Å². The molecule has 0 aliphatic carbocycles. The lowest BCUT2D eigenvalue weighted by atomic mass is 10.0. The molecule has 1 fully saturated rings. The number of hydrogen-bond acceptors (Lipinski definition) is 4. The number of rotatable bonds is 5. The summed E-state index contributed by atoms with van der Waals surface area (Å²) in [6.45, 7) is 0. The highest BCUT2D eigenvalue weighted by Crippen LogP contribution is 2.45. The van der Waals surface area contributed by atoms with E-state index >= 15 is 0 Å². The van der Waals surface area contributed by atoms with Crippen LogP contribution in [0.5, 0.6) is 0 Å². The van der Waals surface area contributed by atoms with Gasteiger partial charge in [0.1, 0.15) is 0 Å². The lowest BCUT2D eigenvalue weighted by molar-refractivity contribution is 0.0943. The summed E-state index contributed by atoms with van der Waals surface area (Å²) in [5.74, 6) is 2.37. The fraction of sp³-hybridized carbons (Fsp3) is 0.190. The van der Waals surface area contributed by atoms with Gasteiger partial charge in [0.25, 0.3) is 5.91 Å². The molecule has 1 aliphatic heterocycles. The van der Waals surface area contributed by atoms with Crippen LogP contribution in [0.4, 0.5) is 0 Å². The molecule has 2 heterocycles. The van der Waals surface area contributed by atoms with Crippen molar-refractivity contribution in [1.82, 2.24) is 5.32 Å². The number of hydrogen-bond donors (Lipinski definition) is 1. The van der Waals surface area contributed by atoms with Gasteiger partial charge in [-0.3, -0.25) is 4.79 Å². The average molecular weight is 398 g/mol. The van der Waals surface area contributed by atoms with Crippen molar-refractivity contribution in [2.75, 3.05) is 11.5 Å². The van der Waals surface area contributed by atoms with Crippen molar-refractivity contribution in [3.63, 3.8) is 0 Å². The highest BCUT2D eigenvalue weighted by molar-refractivity contribution is 8.19. The van der Waals surface area contributed by atoms with Gasteiger partial charge in [0.05, 0.1) is 10.6 Å². The molecule has 1 amide bonds. The fourth-order valence-corrected chi connectivity index (χ4v) is 6.64. The first-order chi connectivity index (χ1) is 12.8. The van der Waals surface area contributed by atoms with E-state index in [9.17, 15) is 4.79 Å². The van der Waals surface area contributed by atoms with E-state index in [-0.39, 0.29) is 11.9 Å². The second-order valence-electron chi connectivity index (χ2n) is 6.03. The Labute approximate surface area is 166 Å². The van der Waals surface area contributed by atoms with Gasteiger partial charge in [0.15, 0.2) is 0 Å². The number of carbonyl (C=O) groups excluding carboxylic acids is 1. The van der Waals surface area contributed by atoms with Crippen LogP contribution in [0.2, 0.25) is 0 Å². The first-order valence-corrected chi connectivity index (χ1v) is 11.5. The third-order valence-corrected chi connectivity index (χ3v) is 8.34. The van der Waals surface area contributed by atoms with Crippen molar-refractivity contribution < 1.29 is 4.79 Å². The largest absolute Gasteiger partial charge is 0.340 e. The van der Waals surface area contributed by atoms with Crippen molar-refractivity contribution >= 4 is 40.8 Å². The van der Waals surface area contributed by atoms with Crippen molar-refractivity contribution in [3.05, 3.63) is 93.7 Å². The van der Waals surface area contributed by atoms with E-state index < -0.39 is 0 Å². The van der Waals surface area contributed by atoms with Gasteiger partial charge in [-0.1, -0.05) is 48.5 Å². The minimum absolute atomic E-state index is 0.0365. The predicted octanol–water partition coefficient (Wildman–Crippen LogP) is 5.75. The number of amides is 1. The molecule has 3 aromatic rings. The molecule has 2 aromatic carbocycles. The maximum absolute atomic E-state index is 12.8. The molecular formula is C21H19NOS3. The third-order valence-electron chi connectivity index (χ3n) is 4.30. The zero-order valence-electron chi connectivity index (χ0n) is 14.1. The van der Waals surface area contributed by atoms with Gasteiger partial charge >= 0.3 is 0 Å². The Hall–Kier alpha value is -1.69. The van der Waals surface area contributed by atoms with E-state index in [1.54, 1.807) is 11.3 Å². The number of nitrogens with one attached hydrogen (secondary N) is 1. The van der Waals surface area contributed by atoms with Crippen LogP contribution < -0.4 is 5.32 Å². The van der Waals surface area contributed by atoms with Crippen molar-refractivity contribution in [2.24, 2.45) is 0 Å². The zero-order chi connectivity index (χ0) is 17.8. The minimum Gasteiger partial charge on any atom is -0.340 e. The summed E-state index contributed by atoms with van der Waals surface area (Å²) in [4.78, 5) is 14.0. The van der Waals surface area contributed by atoms with E-state index in [4.69, 9.17) is 0 Å². The van der Waals surface area contributed by atoms with Crippen LogP contribution in [-0.4, -0.2) is 17.4 Å². The first kappa shape index (κ1) is 17.7. The van der Waals surface area contributed by atoms with Gasteiger partial charge < -0.3 is 5.32 Å². The van der Waals surface area contributed by atoms with E-state index in [0.717, 1.165) is 10.4 Å². The van der Waals surface area contributed by atoms with Crippen LogP contribution in [0.3, 0.4) is 0 Å². The average Bonchev–Trinajstić information content (AvgIpc) is 3.41. The Bertz CT molecular complexity index is 841. The summed E-state index contributed by atoms with van der Waals surface area (Å²) in [6, 6.07) is 22.2. The summed E-state index contributed by atoms with van der Waals surface area (Å²) in [7, 11) is 0. The molecule has 1 unspecified atom stereocenters.